The molecule has 1 atom stereocenters. The first-order chi connectivity index (χ1) is 11.7. The number of nitrogens with zero attached hydrogens (tertiary/aromatic N) is 2. The molecule has 1 N–H and O–H groups in total. The summed E-state index contributed by atoms with van der Waals surface area (Å²) in [5.74, 6) is 0.431. The lowest BCUT2D eigenvalue weighted by Gasteiger charge is -2.35. The van der Waals surface area contributed by atoms with Crippen molar-refractivity contribution >= 4 is 29.3 Å². The molecule has 0 bridgehead atoms. The SMILES string of the molecule is CC(C)(C)N1CC(C(=O)N2CCC(NC(=O)CCCCl)CC2)CC1=O. The minimum Gasteiger partial charge on any atom is -0.353 e. The third-order valence-corrected chi connectivity index (χ3v) is 5.26. The van der Waals surface area contributed by atoms with Gasteiger partial charge in [-0.3, -0.25) is 14.4 Å². The fourth-order valence-corrected chi connectivity index (χ4v) is 3.68. The fourth-order valence-electron chi connectivity index (χ4n) is 3.55. The molecule has 0 aromatic carbocycles. The van der Waals surface area contributed by atoms with Crippen molar-refractivity contribution < 1.29 is 14.4 Å². The van der Waals surface area contributed by atoms with Crippen molar-refractivity contribution in [3.05, 3.63) is 0 Å². The average molecular weight is 372 g/mol. The number of hydrogen-bond acceptors (Lipinski definition) is 3. The molecular formula is C18H30ClN3O3. The van der Waals surface area contributed by atoms with Crippen LogP contribution in [0, 0.1) is 5.92 Å². The minimum absolute atomic E-state index is 0.0348. The zero-order valence-corrected chi connectivity index (χ0v) is 16.3. The van der Waals surface area contributed by atoms with Gasteiger partial charge in [0.25, 0.3) is 0 Å². The Balaban J connectivity index is 1.80. The van der Waals surface area contributed by atoms with Gasteiger partial charge in [-0.2, -0.15) is 0 Å². The van der Waals surface area contributed by atoms with E-state index in [1.54, 1.807) is 4.90 Å². The van der Waals surface area contributed by atoms with E-state index >= 15 is 0 Å². The number of halogens is 1. The van der Waals surface area contributed by atoms with Gasteiger partial charge in [0.15, 0.2) is 0 Å². The van der Waals surface area contributed by atoms with Crippen LogP contribution in [0.4, 0.5) is 0 Å². The lowest BCUT2D eigenvalue weighted by Crippen LogP contribution is -2.48. The van der Waals surface area contributed by atoms with E-state index in [0.29, 0.717) is 44.8 Å². The molecule has 2 fully saturated rings. The van der Waals surface area contributed by atoms with E-state index in [1.807, 2.05) is 25.7 Å². The van der Waals surface area contributed by atoms with Crippen molar-refractivity contribution in [2.45, 2.75) is 64.5 Å². The van der Waals surface area contributed by atoms with Gasteiger partial charge >= 0.3 is 0 Å². The van der Waals surface area contributed by atoms with Gasteiger partial charge in [-0.15, -0.1) is 11.6 Å². The molecule has 0 aromatic heterocycles. The first kappa shape index (κ1) is 20.0. The largest absolute Gasteiger partial charge is 0.353 e. The molecule has 2 saturated heterocycles. The van der Waals surface area contributed by atoms with Gasteiger partial charge in [-0.05, 0) is 40.0 Å². The molecule has 142 valence electrons. The number of likely N-dealkylation sites (tertiary alicyclic amines) is 2. The van der Waals surface area contributed by atoms with Crippen molar-refractivity contribution in [2.75, 3.05) is 25.5 Å². The molecule has 0 radical (unpaired) electrons. The maximum atomic E-state index is 12.7. The Morgan fingerprint density at radius 3 is 2.40 bits per heavy atom. The zero-order valence-electron chi connectivity index (χ0n) is 15.5. The van der Waals surface area contributed by atoms with E-state index in [9.17, 15) is 14.4 Å². The third-order valence-electron chi connectivity index (χ3n) is 4.99. The highest BCUT2D eigenvalue weighted by Crippen LogP contribution is 2.27. The molecule has 2 aliphatic rings. The topological polar surface area (TPSA) is 69.7 Å². The van der Waals surface area contributed by atoms with E-state index < -0.39 is 0 Å². The number of rotatable bonds is 5. The Morgan fingerprint density at radius 2 is 1.88 bits per heavy atom. The maximum absolute atomic E-state index is 12.7. The van der Waals surface area contributed by atoms with Gasteiger partial charge in [0, 0.05) is 49.9 Å². The lowest BCUT2D eigenvalue weighted by molar-refractivity contribution is -0.137. The number of piperidine rings is 1. The Hall–Kier alpha value is -1.30. The molecule has 2 rings (SSSR count). The predicted octanol–water partition coefficient (Wildman–Crippen LogP) is 1.76. The molecule has 25 heavy (non-hydrogen) atoms. The van der Waals surface area contributed by atoms with Crippen LogP contribution in [-0.4, -0.2) is 64.6 Å². The number of alkyl halides is 1. The zero-order chi connectivity index (χ0) is 18.6. The van der Waals surface area contributed by atoms with E-state index in [4.69, 9.17) is 11.6 Å². The van der Waals surface area contributed by atoms with Crippen LogP contribution in [0.25, 0.3) is 0 Å². The molecule has 0 aliphatic carbocycles. The third kappa shape index (κ3) is 5.33. The summed E-state index contributed by atoms with van der Waals surface area (Å²) in [6.45, 7) is 7.78. The molecule has 2 aliphatic heterocycles. The van der Waals surface area contributed by atoms with Gasteiger partial charge in [0.05, 0.1) is 5.92 Å². The highest BCUT2D eigenvalue weighted by Gasteiger charge is 2.41. The highest BCUT2D eigenvalue weighted by molar-refractivity contribution is 6.17. The van der Waals surface area contributed by atoms with Gasteiger partial charge in [0.1, 0.15) is 0 Å². The van der Waals surface area contributed by atoms with E-state index in [-0.39, 0.29) is 35.2 Å². The summed E-state index contributed by atoms with van der Waals surface area (Å²) >= 11 is 5.60. The summed E-state index contributed by atoms with van der Waals surface area (Å²) in [4.78, 5) is 40.3. The fraction of sp³-hybridized carbons (Fsp3) is 0.833. The molecule has 7 heteroatoms. The second-order valence-electron chi connectivity index (χ2n) is 8.04. The molecule has 0 spiro atoms. The lowest BCUT2D eigenvalue weighted by atomic mass is 10.0. The Morgan fingerprint density at radius 1 is 1.24 bits per heavy atom. The van der Waals surface area contributed by atoms with Crippen LogP contribution in [0.1, 0.15) is 52.9 Å². The van der Waals surface area contributed by atoms with E-state index in [1.165, 1.54) is 0 Å². The molecule has 0 aromatic rings. The van der Waals surface area contributed by atoms with Crippen LogP contribution >= 0.6 is 11.6 Å². The monoisotopic (exact) mass is 371 g/mol. The van der Waals surface area contributed by atoms with Crippen LogP contribution < -0.4 is 5.32 Å². The van der Waals surface area contributed by atoms with Gasteiger partial charge in [-0.25, -0.2) is 0 Å². The van der Waals surface area contributed by atoms with Gasteiger partial charge in [-0.1, -0.05) is 0 Å². The van der Waals surface area contributed by atoms with Crippen LogP contribution in [0.15, 0.2) is 0 Å². The van der Waals surface area contributed by atoms with Gasteiger partial charge in [0.2, 0.25) is 17.7 Å². The van der Waals surface area contributed by atoms with Gasteiger partial charge < -0.3 is 15.1 Å². The summed E-state index contributed by atoms with van der Waals surface area (Å²) < 4.78 is 0. The van der Waals surface area contributed by atoms with Crippen LogP contribution in [0.2, 0.25) is 0 Å². The quantitative estimate of drug-likeness (QED) is 0.748. The summed E-state index contributed by atoms with van der Waals surface area (Å²) in [6.07, 6.45) is 2.98. The van der Waals surface area contributed by atoms with Crippen molar-refractivity contribution in [1.82, 2.24) is 15.1 Å². The smallest absolute Gasteiger partial charge is 0.227 e. The Kier molecular flexibility index (Phi) is 6.72. The number of hydrogen-bond donors (Lipinski definition) is 1. The van der Waals surface area contributed by atoms with E-state index in [0.717, 1.165) is 12.8 Å². The molecular weight excluding hydrogens is 342 g/mol. The first-order valence-corrected chi connectivity index (χ1v) is 9.70. The number of nitrogens with one attached hydrogen (secondary N) is 1. The summed E-state index contributed by atoms with van der Waals surface area (Å²) in [7, 11) is 0. The molecule has 0 saturated carbocycles. The number of carbonyl (C=O) groups is 3. The Bertz CT molecular complexity index is 510. The number of amides is 3. The second kappa shape index (κ2) is 8.39. The van der Waals surface area contributed by atoms with Crippen molar-refractivity contribution in [1.29, 1.82) is 0 Å². The van der Waals surface area contributed by atoms with Crippen molar-refractivity contribution in [2.24, 2.45) is 5.92 Å². The minimum atomic E-state index is -0.244. The normalized spacial score (nSPS) is 22.4. The summed E-state index contributed by atoms with van der Waals surface area (Å²) in [6, 6.07) is 0.128. The second-order valence-corrected chi connectivity index (χ2v) is 8.41. The first-order valence-electron chi connectivity index (χ1n) is 9.17. The van der Waals surface area contributed by atoms with Crippen LogP contribution in [0.3, 0.4) is 0 Å². The van der Waals surface area contributed by atoms with Crippen LogP contribution in [0.5, 0.6) is 0 Å². The molecule has 2 heterocycles. The molecule has 1 unspecified atom stereocenters. The van der Waals surface area contributed by atoms with Crippen molar-refractivity contribution in [3.8, 4) is 0 Å². The predicted molar refractivity (Wildman–Crippen MR) is 97.3 cm³/mol. The molecule has 3 amide bonds. The Labute approximate surface area is 155 Å². The summed E-state index contributed by atoms with van der Waals surface area (Å²) in [5.41, 5.74) is -0.244. The average Bonchev–Trinajstić information content (AvgIpc) is 2.95. The van der Waals surface area contributed by atoms with E-state index in [2.05, 4.69) is 5.32 Å². The van der Waals surface area contributed by atoms with Crippen molar-refractivity contribution in [3.63, 3.8) is 0 Å². The summed E-state index contributed by atoms with van der Waals surface area (Å²) in [5, 5.41) is 3.02. The highest BCUT2D eigenvalue weighted by atomic mass is 35.5. The van der Waals surface area contributed by atoms with Crippen LogP contribution in [-0.2, 0) is 14.4 Å². The number of carbonyl (C=O) groups excluding carboxylic acids is 3. The standard InChI is InChI=1S/C18H30ClN3O3/c1-18(2,3)22-12-13(11-16(22)24)17(25)21-9-6-14(7-10-21)20-15(23)5-4-8-19/h13-14H,4-12H2,1-3H3,(H,20,23). The maximum Gasteiger partial charge on any atom is 0.227 e. The molecule has 6 nitrogen and oxygen atoms in total.